The van der Waals surface area contributed by atoms with Crippen LogP contribution in [0.2, 0.25) is 0 Å². The van der Waals surface area contributed by atoms with Crippen LogP contribution in [0.15, 0.2) is 90.7 Å². The Morgan fingerprint density at radius 3 is 2.15 bits per heavy atom. The van der Waals surface area contributed by atoms with E-state index in [0.29, 0.717) is 11.1 Å². The lowest BCUT2D eigenvalue weighted by Gasteiger charge is -2.15. The van der Waals surface area contributed by atoms with Crippen LogP contribution in [0, 0.1) is 6.92 Å². The van der Waals surface area contributed by atoms with Crippen molar-refractivity contribution in [3.63, 3.8) is 0 Å². The standard InChI is InChI=1S/C27H27NO2S.C2H6/c1-6-18(2)24(20(4)29)17-25-19(3)16-26(31-25)28(5)27(30)23-14-12-22(13-15-23)21-10-8-7-9-11-21;1-2/h7-17,29H,2,4,6H2,1,3,5H3;1-2H3/b24-17+;. The highest BCUT2D eigenvalue weighted by atomic mass is 32.1. The van der Waals surface area contributed by atoms with Crippen molar-refractivity contribution in [3.05, 3.63) is 107 Å². The van der Waals surface area contributed by atoms with E-state index in [1.165, 1.54) is 11.3 Å². The van der Waals surface area contributed by atoms with Crippen LogP contribution in [-0.2, 0) is 0 Å². The molecule has 1 heterocycles. The van der Waals surface area contributed by atoms with Crippen molar-refractivity contribution in [1.29, 1.82) is 0 Å². The zero-order chi connectivity index (χ0) is 24.5. The normalized spacial score (nSPS) is 10.8. The molecule has 0 aliphatic heterocycles. The number of aryl methyl sites for hydroxylation is 1. The van der Waals surface area contributed by atoms with Crippen LogP contribution in [0.5, 0.6) is 0 Å². The molecule has 1 aromatic heterocycles. The Hall–Kier alpha value is -3.37. The summed E-state index contributed by atoms with van der Waals surface area (Å²) in [6.07, 6.45) is 2.62. The molecule has 2 aromatic carbocycles. The van der Waals surface area contributed by atoms with Crippen molar-refractivity contribution < 1.29 is 9.90 Å². The number of hydrogen-bond donors (Lipinski definition) is 1. The van der Waals surface area contributed by atoms with Crippen molar-refractivity contribution in [1.82, 2.24) is 0 Å². The summed E-state index contributed by atoms with van der Waals surface area (Å²) < 4.78 is 0. The summed E-state index contributed by atoms with van der Waals surface area (Å²) >= 11 is 1.50. The predicted molar refractivity (Wildman–Crippen MR) is 144 cm³/mol. The molecule has 0 saturated carbocycles. The average Bonchev–Trinajstić information content (AvgIpc) is 3.22. The minimum atomic E-state index is -0.0684. The lowest BCUT2D eigenvalue weighted by Crippen LogP contribution is -2.25. The molecule has 4 heteroatoms. The first-order valence-electron chi connectivity index (χ1n) is 11.1. The van der Waals surface area contributed by atoms with Gasteiger partial charge in [-0.15, -0.1) is 11.3 Å². The van der Waals surface area contributed by atoms with Gasteiger partial charge >= 0.3 is 0 Å². The first-order chi connectivity index (χ1) is 15.8. The SMILES string of the molecule is C=C(O)/C(=C/c1sc(N(C)C(=O)c2ccc(-c3ccccc3)cc2)cc1C)C(=C)CC.CC. The second kappa shape index (κ2) is 12.0. The first kappa shape index (κ1) is 25.9. The molecular formula is C29H33NO2S. The van der Waals surface area contributed by atoms with Gasteiger partial charge in [-0.2, -0.15) is 0 Å². The van der Waals surface area contributed by atoms with E-state index in [4.69, 9.17) is 0 Å². The van der Waals surface area contributed by atoms with Crippen LogP contribution in [0.4, 0.5) is 5.00 Å². The van der Waals surface area contributed by atoms with Gasteiger partial charge in [0.2, 0.25) is 0 Å². The Morgan fingerprint density at radius 1 is 1.03 bits per heavy atom. The lowest BCUT2D eigenvalue weighted by atomic mass is 10.0. The van der Waals surface area contributed by atoms with E-state index < -0.39 is 0 Å². The smallest absolute Gasteiger partial charge is 0.258 e. The zero-order valence-electron chi connectivity index (χ0n) is 20.2. The highest BCUT2D eigenvalue weighted by Gasteiger charge is 2.17. The Morgan fingerprint density at radius 2 is 1.61 bits per heavy atom. The molecule has 1 N–H and O–H groups in total. The number of rotatable bonds is 7. The minimum Gasteiger partial charge on any atom is -0.508 e. The molecule has 3 rings (SSSR count). The van der Waals surface area contributed by atoms with Crippen molar-refractivity contribution in [2.45, 2.75) is 34.1 Å². The van der Waals surface area contributed by atoms with Crippen LogP contribution in [-0.4, -0.2) is 18.1 Å². The van der Waals surface area contributed by atoms with Crippen molar-refractivity contribution >= 4 is 28.3 Å². The number of amides is 1. The van der Waals surface area contributed by atoms with Gasteiger partial charge in [-0.3, -0.25) is 4.79 Å². The van der Waals surface area contributed by atoms with Gasteiger partial charge in [0.1, 0.15) is 5.76 Å². The summed E-state index contributed by atoms with van der Waals surface area (Å²) in [5.41, 5.74) is 5.33. The molecule has 0 saturated heterocycles. The number of anilines is 1. The van der Waals surface area contributed by atoms with Gasteiger partial charge in [0, 0.05) is 23.1 Å². The second-order valence-corrected chi connectivity index (χ2v) is 8.46. The lowest BCUT2D eigenvalue weighted by molar-refractivity contribution is 0.0993. The van der Waals surface area contributed by atoms with Gasteiger partial charge in [0.25, 0.3) is 5.91 Å². The Balaban J connectivity index is 0.00000187. The van der Waals surface area contributed by atoms with Gasteiger partial charge in [-0.1, -0.05) is 76.4 Å². The Kier molecular flexibility index (Phi) is 9.43. The molecule has 0 unspecified atom stereocenters. The van der Waals surface area contributed by atoms with Gasteiger partial charge in [-0.05, 0) is 59.9 Å². The Bertz CT molecular complexity index is 1140. The maximum atomic E-state index is 13.0. The molecule has 33 heavy (non-hydrogen) atoms. The third-order valence-corrected chi connectivity index (χ3v) is 6.47. The molecule has 0 bridgehead atoms. The molecule has 172 valence electrons. The molecule has 0 spiro atoms. The van der Waals surface area contributed by atoms with Gasteiger partial charge in [-0.25, -0.2) is 0 Å². The number of allylic oxidation sites excluding steroid dienone is 1. The van der Waals surface area contributed by atoms with Crippen LogP contribution in [0.3, 0.4) is 0 Å². The summed E-state index contributed by atoms with van der Waals surface area (Å²) in [6, 6.07) is 19.7. The fourth-order valence-corrected chi connectivity index (χ4v) is 4.31. The second-order valence-electron chi connectivity index (χ2n) is 7.40. The topological polar surface area (TPSA) is 40.5 Å². The van der Waals surface area contributed by atoms with Crippen molar-refractivity contribution in [2.75, 3.05) is 11.9 Å². The number of aliphatic hydroxyl groups excluding tert-OH is 1. The minimum absolute atomic E-state index is 0.00383. The van der Waals surface area contributed by atoms with Crippen LogP contribution >= 0.6 is 11.3 Å². The van der Waals surface area contributed by atoms with Crippen molar-refractivity contribution in [2.24, 2.45) is 0 Å². The quantitative estimate of drug-likeness (QED) is 0.284. The highest BCUT2D eigenvalue weighted by molar-refractivity contribution is 7.17. The largest absolute Gasteiger partial charge is 0.508 e. The summed E-state index contributed by atoms with van der Waals surface area (Å²) in [4.78, 5) is 15.7. The van der Waals surface area contributed by atoms with E-state index in [9.17, 15) is 9.90 Å². The Labute approximate surface area is 202 Å². The maximum Gasteiger partial charge on any atom is 0.258 e. The number of carbonyl (C=O) groups excluding carboxylic acids is 1. The zero-order valence-corrected chi connectivity index (χ0v) is 21.0. The number of hydrogen-bond acceptors (Lipinski definition) is 3. The fourth-order valence-electron chi connectivity index (χ4n) is 3.23. The molecule has 0 radical (unpaired) electrons. The van der Waals surface area contributed by atoms with Crippen molar-refractivity contribution in [3.8, 4) is 11.1 Å². The third kappa shape index (κ3) is 6.33. The summed E-state index contributed by atoms with van der Waals surface area (Å²) in [7, 11) is 1.78. The molecule has 0 aliphatic rings. The average molecular weight is 460 g/mol. The third-order valence-electron chi connectivity index (χ3n) is 5.21. The molecule has 0 fully saturated rings. The van der Waals surface area contributed by atoms with E-state index in [-0.39, 0.29) is 11.7 Å². The number of nitrogens with zero attached hydrogens (tertiary/aromatic N) is 1. The van der Waals surface area contributed by atoms with Crippen LogP contribution in [0.1, 0.15) is 48.0 Å². The number of thiophene rings is 1. The molecule has 0 aliphatic carbocycles. The summed E-state index contributed by atoms with van der Waals surface area (Å²) in [5.74, 6) is -0.0645. The first-order valence-corrected chi connectivity index (χ1v) is 12.0. The highest BCUT2D eigenvalue weighted by Crippen LogP contribution is 2.34. The van der Waals surface area contributed by atoms with E-state index >= 15 is 0 Å². The van der Waals surface area contributed by atoms with Gasteiger partial charge < -0.3 is 10.0 Å². The van der Waals surface area contributed by atoms with Crippen LogP contribution in [0.25, 0.3) is 17.2 Å². The molecular weight excluding hydrogens is 426 g/mol. The van der Waals surface area contributed by atoms with E-state index in [2.05, 4.69) is 25.3 Å². The van der Waals surface area contributed by atoms with E-state index in [0.717, 1.165) is 38.6 Å². The number of carbonyl (C=O) groups is 1. The molecule has 1 amide bonds. The maximum absolute atomic E-state index is 13.0. The monoisotopic (exact) mass is 459 g/mol. The summed E-state index contributed by atoms with van der Waals surface area (Å²) in [5, 5.41) is 10.8. The molecule has 3 aromatic rings. The molecule has 3 nitrogen and oxygen atoms in total. The van der Waals surface area contributed by atoms with E-state index in [1.807, 2.05) is 82.3 Å². The van der Waals surface area contributed by atoms with Gasteiger partial charge in [0.05, 0.1) is 5.00 Å². The number of aliphatic hydroxyl groups is 1. The number of benzene rings is 2. The predicted octanol–water partition coefficient (Wildman–Crippen LogP) is 8.45. The fraction of sp³-hybridized carbons (Fsp3) is 0.207. The van der Waals surface area contributed by atoms with E-state index in [1.54, 1.807) is 11.9 Å². The molecule has 0 atom stereocenters. The summed E-state index contributed by atoms with van der Waals surface area (Å²) in [6.45, 7) is 15.6. The van der Waals surface area contributed by atoms with Gasteiger partial charge in [0.15, 0.2) is 0 Å². The van der Waals surface area contributed by atoms with Crippen LogP contribution < -0.4 is 4.90 Å².